The van der Waals surface area contributed by atoms with Crippen molar-refractivity contribution in [2.24, 2.45) is 5.41 Å². The summed E-state index contributed by atoms with van der Waals surface area (Å²) < 4.78 is 0. The second-order valence-corrected chi connectivity index (χ2v) is 5.98. The first-order chi connectivity index (χ1) is 9.31. The van der Waals surface area contributed by atoms with Gasteiger partial charge >= 0.3 is 0 Å². The van der Waals surface area contributed by atoms with Crippen LogP contribution in [-0.2, 0) is 0 Å². The van der Waals surface area contributed by atoms with E-state index >= 15 is 0 Å². The predicted molar refractivity (Wildman–Crippen MR) is 74.4 cm³/mol. The van der Waals surface area contributed by atoms with Crippen molar-refractivity contribution in [3.63, 3.8) is 0 Å². The summed E-state index contributed by atoms with van der Waals surface area (Å²) in [6, 6.07) is 0. The summed E-state index contributed by atoms with van der Waals surface area (Å²) >= 11 is 0. The fourth-order valence-electron chi connectivity index (χ4n) is 3.54. The molecule has 19 heavy (non-hydrogen) atoms. The maximum Gasteiger partial charge on any atom is 0.225 e. The molecule has 1 spiro atoms. The zero-order valence-corrected chi connectivity index (χ0v) is 11.3. The van der Waals surface area contributed by atoms with E-state index in [1.807, 2.05) is 0 Å². The summed E-state index contributed by atoms with van der Waals surface area (Å²) in [5.74, 6) is 0.774. The number of hydrogen-bond donors (Lipinski definition) is 0. The summed E-state index contributed by atoms with van der Waals surface area (Å²) in [6.07, 6.45) is 13.6. The van der Waals surface area contributed by atoms with Crippen molar-refractivity contribution in [3.05, 3.63) is 18.0 Å². The molecule has 4 heteroatoms. The van der Waals surface area contributed by atoms with Crippen LogP contribution in [0.5, 0.6) is 0 Å². The van der Waals surface area contributed by atoms with Gasteiger partial charge in [0.2, 0.25) is 5.95 Å². The minimum atomic E-state index is 0.546. The molecule has 2 fully saturated rings. The molecule has 4 nitrogen and oxygen atoms in total. The molecule has 1 aromatic heterocycles. The van der Waals surface area contributed by atoms with Crippen molar-refractivity contribution in [3.8, 4) is 0 Å². The van der Waals surface area contributed by atoms with Gasteiger partial charge < -0.3 is 4.90 Å². The Morgan fingerprint density at radius 3 is 2.21 bits per heavy atom. The zero-order valence-electron chi connectivity index (χ0n) is 11.3. The number of piperidine rings is 1. The third-order valence-corrected chi connectivity index (χ3v) is 4.82. The SMILES string of the molecule is O=Cc1cnc(N2CCC3(CCCCC3)CC2)nc1. The minimum absolute atomic E-state index is 0.546. The Morgan fingerprint density at radius 2 is 1.63 bits per heavy atom. The van der Waals surface area contributed by atoms with E-state index in [9.17, 15) is 4.79 Å². The molecular weight excluding hydrogens is 238 g/mol. The fraction of sp³-hybridized carbons (Fsp3) is 0.667. The number of aldehydes is 1. The lowest BCUT2D eigenvalue weighted by atomic mass is 9.68. The molecule has 0 N–H and O–H groups in total. The molecular formula is C15H21N3O. The van der Waals surface area contributed by atoms with E-state index in [0.717, 1.165) is 25.3 Å². The Balaban J connectivity index is 1.64. The van der Waals surface area contributed by atoms with Crippen LogP contribution in [0.25, 0.3) is 0 Å². The van der Waals surface area contributed by atoms with Gasteiger partial charge in [-0.1, -0.05) is 19.3 Å². The first kappa shape index (κ1) is 12.6. The monoisotopic (exact) mass is 259 g/mol. The lowest BCUT2D eigenvalue weighted by molar-refractivity contribution is 0.112. The number of carbonyl (C=O) groups is 1. The fourth-order valence-corrected chi connectivity index (χ4v) is 3.54. The number of nitrogens with zero attached hydrogens (tertiary/aromatic N) is 3. The lowest BCUT2D eigenvalue weighted by Crippen LogP contribution is -2.41. The number of hydrogen-bond acceptors (Lipinski definition) is 4. The van der Waals surface area contributed by atoms with Crippen molar-refractivity contribution in [2.45, 2.75) is 44.9 Å². The van der Waals surface area contributed by atoms with Crippen LogP contribution in [0.1, 0.15) is 55.3 Å². The van der Waals surface area contributed by atoms with Crippen molar-refractivity contribution in [1.82, 2.24) is 9.97 Å². The molecule has 0 radical (unpaired) electrons. The summed E-state index contributed by atoms with van der Waals surface area (Å²) in [4.78, 5) is 21.4. The van der Waals surface area contributed by atoms with E-state index in [4.69, 9.17) is 0 Å². The number of aromatic nitrogens is 2. The van der Waals surface area contributed by atoms with Gasteiger partial charge in [0.05, 0.1) is 5.56 Å². The van der Waals surface area contributed by atoms with Crippen LogP contribution in [0.2, 0.25) is 0 Å². The Bertz CT molecular complexity index is 427. The second-order valence-electron chi connectivity index (χ2n) is 5.98. The molecule has 1 aromatic rings. The van der Waals surface area contributed by atoms with Crippen LogP contribution in [0.3, 0.4) is 0 Å². The molecule has 1 saturated heterocycles. The van der Waals surface area contributed by atoms with E-state index in [1.165, 1.54) is 44.9 Å². The average Bonchev–Trinajstić information content (AvgIpc) is 2.49. The Hall–Kier alpha value is -1.45. The molecule has 0 unspecified atom stereocenters. The second kappa shape index (κ2) is 5.27. The first-order valence-electron chi connectivity index (χ1n) is 7.34. The molecule has 3 rings (SSSR count). The minimum Gasteiger partial charge on any atom is -0.341 e. The van der Waals surface area contributed by atoms with Crippen LogP contribution in [0.4, 0.5) is 5.95 Å². The Morgan fingerprint density at radius 1 is 1.00 bits per heavy atom. The van der Waals surface area contributed by atoms with E-state index in [1.54, 1.807) is 12.4 Å². The highest BCUT2D eigenvalue weighted by Gasteiger charge is 2.35. The number of anilines is 1. The van der Waals surface area contributed by atoms with Crippen molar-refractivity contribution < 1.29 is 4.79 Å². The van der Waals surface area contributed by atoms with E-state index in [0.29, 0.717) is 11.0 Å². The van der Waals surface area contributed by atoms with Gasteiger partial charge in [-0.05, 0) is 31.1 Å². The Kier molecular flexibility index (Phi) is 3.49. The maximum atomic E-state index is 10.6. The van der Waals surface area contributed by atoms with Crippen LogP contribution < -0.4 is 4.90 Å². The first-order valence-corrected chi connectivity index (χ1v) is 7.34. The standard InChI is InChI=1S/C15H21N3O/c19-12-13-10-16-14(17-11-13)18-8-6-15(7-9-18)4-2-1-3-5-15/h10-12H,1-9H2. The van der Waals surface area contributed by atoms with Gasteiger partial charge in [-0.15, -0.1) is 0 Å². The molecule has 1 aliphatic carbocycles. The van der Waals surface area contributed by atoms with Gasteiger partial charge in [-0.25, -0.2) is 9.97 Å². The summed E-state index contributed by atoms with van der Waals surface area (Å²) in [6.45, 7) is 2.11. The van der Waals surface area contributed by atoms with Crippen molar-refractivity contribution in [1.29, 1.82) is 0 Å². The molecule has 0 aromatic carbocycles. The van der Waals surface area contributed by atoms with Gasteiger partial charge in [-0.3, -0.25) is 4.79 Å². The van der Waals surface area contributed by atoms with Crippen LogP contribution in [0.15, 0.2) is 12.4 Å². The van der Waals surface area contributed by atoms with Gasteiger partial charge in [0, 0.05) is 25.5 Å². The molecule has 1 saturated carbocycles. The smallest absolute Gasteiger partial charge is 0.225 e. The summed E-state index contributed by atoms with van der Waals surface area (Å²) in [7, 11) is 0. The van der Waals surface area contributed by atoms with Crippen LogP contribution >= 0.6 is 0 Å². The maximum absolute atomic E-state index is 10.6. The van der Waals surface area contributed by atoms with Gasteiger partial charge in [0.25, 0.3) is 0 Å². The third kappa shape index (κ3) is 2.62. The number of rotatable bonds is 2. The molecule has 0 atom stereocenters. The van der Waals surface area contributed by atoms with Gasteiger partial charge in [-0.2, -0.15) is 0 Å². The van der Waals surface area contributed by atoms with Crippen LogP contribution in [-0.4, -0.2) is 29.3 Å². The highest BCUT2D eigenvalue weighted by atomic mass is 16.1. The molecule has 2 aliphatic rings. The van der Waals surface area contributed by atoms with Gasteiger partial charge in [0.15, 0.2) is 6.29 Å². The van der Waals surface area contributed by atoms with Crippen molar-refractivity contribution in [2.75, 3.05) is 18.0 Å². The number of carbonyl (C=O) groups excluding carboxylic acids is 1. The highest BCUT2D eigenvalue weighted by Crippen LogP contribution is 2.44. The summed E-state index contributed by atoms with van der Waals surface area (Å²) in [5, 5.41) is 0. The largest absolute Gasteiger partial charge is 0.341 e. The molecule has 0 bridgehead atoms. The average molecular weight is 259 g/mol. The summed E-state index contributed by atoms with van der Waals surface area (Å²) in [5.41, 5.74) is 1.15. The normalized spacial score (nSPS) is 22.4. The molecule has 102 valence electrons. The van der Waals surface area contributed by atoms with E-state index in [-0.39, 0.29) is 0 Å². The van der Waals surface area contributed by atoms with Gasteiger partial charge in [0.1, 0.15) is 0 Å². The third-order valence-electron chi connectivity index (χ3n) is 4.82. The molecule has 0 amide bonds. The topological polar surface area (TPSA) is 46.1 Å². The lowest BCUT2D eigenvalue weighted by Gasteiger charge is -2.44. The zero-order chi connectivity index (χ0) is 13.1. The molecule has 1 aliphatic heterocycles. The highest BCUT2D eigenvalue weighted by molar-refractivity contribution is 5.73. The van der Waals surface area contributed by atoms with Crippen LogP contribution in [0, 0.1) is 5.41 Å². The van der Waals surface area contributed by atoms with E-state index in [2.05, 4.69) is 14.9 Å². The van der Waals surface area contributed by atoms with Crippen molar-refractivity contribution >= 4 is 12.2 Å². The predicted octanol–water partition coefficient (Wildman–Crippen LogP) is 2.84. The Labute approximate surface area is 114 Å². The molecule has 2 heterocycles. The van der Waals surface area contributed by atoms with E-state index < -0.39 is 0 Å². The quantitative estimate of drug-likeness (QED) is 0.766.